The van der Waals surface area contributed by atoms with Crippen molar-refractivity contribution in [3.63, 3.8) is 0 Å². The Balaban J connectivity index is 1.51. The van der Waals surface area contributed by atoms with Crippen LogP contribution in [0.1, 0.15) is 28.2 Å². The fourth-order valence-electron chi connectivity index (χ4n) is 3.83. The van der Waals surface area contributed by atoms with Crippen molar-refractivity contribution in [3.05, 3.63) is 52.2 Å². The maximum atomic E-state index is 12.9. The standard InChI is InChI=1S/C21H25N5OS/c1-12-5-14(3)16(6-13(12)2)19-11-28-21(24-19)25-20(27)18-9-22-8-17(18)15-7-23-26(4)10-15/h5-7,10-11,17-18,22H,8-9H2,1-4H3,(H,24,25,27)/t17-,18+/m1/s1. The van der Waals surface area contributed by atoms with Crippen LogP contribution in [0, 0.1) is 26.7 Å². The Morgan fingerprint density at radius 2 is 2.00 bits per heavy atom. The summed E-state index contributed by atoms with van der Waals surface area (Å²) < 4.78 is 1.78. The first-order valence-corrected chi connectivity index (χ1v) is 10.3. The van der Waals surface area contributed by atoms with Gasteiger partial charge in [0.1, 0.15) is 0 Å². The summed E-state index contributed by atoms with van der Waals surface area (Å²) in [6.45, 7) is 7.78. The van der Waals surface area contributed by atoms with Crippen LogP contribution >= 0.6 is 11.3 Å². The summed E-state index contributed by atoms with van der Waals surface area (Å²) in [5, 5.41) is 13.3. The van der Waals surface area contributed by atoms with Crippen LogP contribution in [0.25, 0.3) is 11.3 Å². The van der Waals surface area contributed by atoms with E-state index in [2.05, 4.69) is 53.6 Å². The molecule has 1 fully saturated rings. The minimum atomic E-state index is -0.125. The van der Waals surface area contributed by atoms with Crippen molar-refractivity contribution in [2.75, 3.05) is 18.4 Å². The molecule has 0 saturated carbocycles. The molecule has 0 radical (unpaired) electrons. The molecule has 6 nitrogen and oxygen atoms in total. The highest BCUT2D eigenvalue weighted by Crippen LogP contribution is 2.32. The van der Waals surface area contributed by atoms with Crippen molar-refractivity contribution in [2.45, 2.75) is 26.7 Å². The molecule has 1 amide bonds. The van der Waals surface area contributed by atoms with Crippen molar-refractivity contribution >= 4 is 22.4 Å². The number of amides is 1. The maximum Gasteiger partial charge on any atom is 0.231 e. The van der Waals surface area contributed by atoms with Gasteiger partial charge >= 0.3 is 0 Å². The molecule has 1 aliphatic rings. The summed E-state index contributed by atoms with van der Waals surface area (Å²) in [7, 11) is 1.90. The van der Waals surface area contributed by atoms with Crippen LogP contribution in [0.3, 0.4) is 0 Å². The van der Waals surface area contributed by atoms with E-state index >= 15 is 0 Å². The Kier molecular flexibility index (Phi) is 5.03. The van der Waals surface area contributed by atoms with Gasteiger partial charge in [-0.1, -0.05) is 6.07 Å². The van der Waals surface area contributed by atoms with Gasteiger partial charge in [-0.05, 0) is 49.1 Å². The number of nitrogens with zero attached hydrogens (tertiary/aromatic N) is 3. The van der Waals surface area contributed by atoms with E-state index in [1.165, 1.54) is 28.0 Å². The Bertz CT molecular complexity index is 1020. The lowest BCUT2D eigenvalue weighted by Crippen LogP contribution is -2.28. The van der Waals surface area contributed by atoms with E-state index in [-0.39, 0.29) is 17.7 Å². The van der Waals surface area contributed by atoms with Crippen LogP contribution in [0.15, 0.2) is 29.9 Å². The number of rotatable bonds is 4. The first-order chi connectivity index (χ1) is 13.4. The number of carbonyl (C=O) groups is 1. The second-order valence-electron chi connectivity index (χ2n) is 7.60. The summed E-state index contributed by atoms with van der Waals surface area (Å²) in [6, 6.07) is 4.36. The van der Waals surface area contributed by atoms with E-state index in [4.69, 9.17) is 0 Å². The summed E-state index contributed by atoms with van der Waals surface area (Å²) in [5.74, 6) is 0.0200. The van der Waals surface area contributed by atoms with E-state index in [1.54, 1.807) is 4.68 Å². The van der Waals surface area contributed by atoms with Gasteiger partial charge in [0.05, 0.1) is 17.8 Å². The zero-order valence-corrected chi connectivity index (χ0v) is 17.4. The largest absolute Gasteiger partial charge is 0.315 e. The molecule has 0 unspecified atom stereocenters. The van der Waals surface area contributed by atoms with Crippen LogP contribution in [0.4, 0.5) is 5.13 Å². The van der Waals surface area contributed by atoms with Crippen molar-refractivity contribution in [3.8, 4) is 11.3 Å². The Morgan fingerprint density at radius 1 is 1.21 bits per heavy atom. The number of nitrogens with one attached hydrogen (secondary N) is 2. The van der Waals surface area contributed by atoms with Gasteiger partial charge in [-0.25, -0.2) is 4.98 Å². The number of hydrogen-bond acceptors (Lipinski definition) is 5. The first-order valence-electron chi connectivity index (χ1n) is 9.46. The van der Waals surface area contributed by atoms with Gasteiger partial charge in [-0.2, -0.15) is 5.10 Å². The molecule has 2 atom stereocenters. The molecule has 0 bridgehead atoms. The molecule has 3 heterocycles. The van der Waals surface area contributed by atoms with Crippen molar-refractivity contribution in [1.82, 2.24) is 20.1 Å². The first kappa shape index (κ1) is 18.8. The third kappa shape index (κ3) is 3.59. The highest BCUT2D eigenvalue weighted by Gasteiger charge is 2.35. The lowest BCUT2D eigenvalue weighted by molar-refractivity contribution is -0.119. The van der Waals surface area contributed by atoms with Crippen LogP contribution in [0.5, 0.6) is 0 Å². The number of anilines is 1. The zero-order chi connectivity index (χ0) is 19.8. The minimum absolute atomic E-state index is 0.0107. The number of hydrogen-bond donors (Lipinski definition) is 2. The lowest BCUT2D eigenvalue weighted by atomic mass is 9.90. The topological polar surface area (TPSA) is 71.8 Å². The molecule has 1 aromatic carbocycles. The molecule has 2 N–H and O–H groups in total. The second kappa shape index (κ2) is 7.48. The van der Waals surface area contributed by atoms with Gasteiger partial charge in [0, 0.05) is 43.2 Å². The molecule has 28 heavy (non-hydrogen) atoms. The smallest absolute Gasteiger partial charge is 0.231 e. The fraction of sp³-hybridized carbons (Fsp3) is 0.381. The van der Waals surface area contributed by atoms with Gasteiger partial charge in [0.15, 0.2) is 5.13 Å². The predicted molar refractivity (Wildman–Crippen MR) is 113 cm³/mol. The average molecular weight is 396 g/mol. The molecule has 7 heteroatoms. The fourth-order valence-corrected chi connectivity index (χ4v) is 4.54. The van der Waals surface area contributed by atoms with Crippen LogP contribution < -0.4 is 10.6 Å². The molecule has 0 spiro atoms. The Hall–Kier alpha value is -2.51. The third-order valence-corrected chi connectivity index (χ3v) is 6.31. The number of carbonyl (C=O) groups excluding carboxylic acids is 1. The maximum absolute atomic E-state index is 12.9. The summed E-state index contributed by atoms with van der Waals surface area (Å²) in [5.41, 5.74) is 6.85. The van der Waals surface area contributed by atoms with Gasteiger partial charge in [0.2, 0.25) is 5.91 Å². The molecule has 146 valence electrons. The SMILES string of the molecule is Cc1cc(C)c(-c2csc(NC(=O)[C@H]3CNC[C@@H]3c3cnn(C)c3)n2)cc1C. The molecule has 4 rings (SSSR count). The molecular formula is C21H25N5OS. The highest BCUT2D eigenvalue weighted by atomic mass is 32.1. The van der Waals surface area contributed by atoms with Crippen molar-refractivity contribution in [2.24, 2.45) is 13.0 Å². The van der Waals surface area contributed by atoms with Gasteiger partial charge in [-0.3, -0.25) is 9.48 Å². The molecular weight excluding hydrogens is 370 g/mol. The molecule has 1 aliphatic heterocycles. The van der Waals surface area contributed by atoms with Gasteiger partial charge in [-0.15, -0.1) is 11.3 Å². The van der Waals surface area contributed by atoms with E-state index in [9.17, 15) is 4.79 Å². The van der Waals surface area contributed by atoms with Crippen LogP contribution in [-0.2, 0) is 11.8 Å². The third-order valence-electron chi connectivity index (χ3n) is 5.55. The normalized spacial score (nSPS) is 19.1. The molecule has 2 aromatic heterocycles. The zero-order valence-electron chi connectivity index (χ0n) is 16.6. The second-order valence-corrected chi connectivity index (χ2v) is 8.46. The van der Waals surface area contributed by atoms with E-state index in [0.717, 1.165) is 23.4 Å². The number of benzene rings is 1. The van der Waals surface area contributed by atoms with Gasteiger partial charge < -0.3 is 10.6 Å². The Morgan fingerprint density at radius 3 is 2.75 bits per heavy atom. The van der Waals surface area contributed by atoms with Crippen LogP contribution in [0.2, 0.25) is 0 Å². The summed E-state index contributed by atoms with van der Waals surface area (Å²) in [4.78, 5) is 17.6. The number of aromatic nitrogens is 3. The monoisotopic (exact) mass is 395 g/mol. The van der Waals surface area contributed by atoms with Crippen molar-refractivity contribution in [1.29, 1.82) is 0 Å². The predicted octanol–water partition coefficient (Wildman–Crippen LogP) is 3.41. The minimum Gasteiger partial charge on any atom is -0.315 e. The average Bonchev–Trinajstić information content (AvgIpc) is 3.38. The molecule has 1 saturated heterocycles. The number of aryl methyl sites for hydroxylation is 4. The highest BCUT2D eigenvalue weighted by molar-refractivity contribution is 7.14. The summed E-state index contributed by atoms with van der Waals surface area (Å²) in [6.07, 6.45) is 3.84. The lowest BCUT2D eigenvalue weighted by Gasteiger charge is -2.16. The van der Waals surface area contributed by atoms with Crippen LogP contribution in [-0.4, -0.2) is 33.8 Å². The van der Waals surface area contributed by atoms with E-state index in [1.807, 2.05) is 24.8 Å². The Labute approximate surface area is 169 Å². The molecule has 3 aromatic rings. The van der Waals surface area contributed by atoms with E-state index < -0.39 is 0 Å². The van der Waals surface area contributed by atoms with Gasteiger partial charge in [0.25, 0.3) is 0 Å². The van der Waals surface area contributed by atoms with E-state index in [0.29, 0.717) is 11.7 Å². The molecule has 0 aliphatic carbocycles. The quantitative estimate of drug-likeness (QED) is 0.710. The van der Waals surface area contributed by atoms with Crippen molar-refractivity contribution < 1.29 is 4.79 Å². The summed E-state index contributed by atoms with van der Waals surface area (Å²) >= 11 is 1.47. The number of thiazole rings is 1.